The van der Waals surface area contributed by atoms with E-state index in [4.69, 9.17) is 4.74 Å². The second-order valence-electron chi connectivity index (χ2n) is 7.26. The average Bonchev–Trinajstić information content (AvgIpc) is 2.87. The van der Waals surface area contributed by atoms with Gasteiger partial charge in [-0.05, 0) is 50.8 Å². The van der Waals surface area contributed by atoms with E-state index in [2.05, 4.69) is 0 Å². The van der Waals surface area contributed by atoms with Crippen molar-refractivity contribution in [3.05, 3.63) is 35.6 Å². The van der Waals surface area contributed by atoms with Crippen LogP contribution in [0, 0.1) is 11.7 Å². The summed E-state index contributed by atoms with van der Waals surface area (Å²) in [6.07, 6.45) is 0.239. The van der Waals surface area contributed by atoms with E-state index in [1.165, 1.54) is 24.3 Å². The topological polar surface area (TPSA) is 63.7 Å². The number of halogens is 1. The van der Waals surface area contributed by atoms with Gasteiger partial charge in [0.2, 0.25) is 0 Å². The van der Waals surface area contributed by atoms with E-state index in [1.54, 1.807) is 25.7 Å². The molecule has 1 aliphatic heterocycles. The highest BCUT2D eigenvalue weighted by molar-refractivity contribution is 7.90. The minimum absolute atomic E-state index is 0.0175. The van der Waals surface area contributed by atoms with Crippen LogP contribution in [-0.4, -0.2) is 43.9 Å². The maximum Gasteiger partial charge on any atom is 0.410 e. The molecule has 1 saturated heterocycles. The number of amides is 1. The highest BCUT2D eigenvalue weighted by atomic mass is 32.2. The fourth-order valence-electron chi connectivity index (χ4n) is 2.71. The van der Waals surface area contributed by atoms with E-state index in [9.17, 15) is 17.6 Å². The number of hydrogen-bond donors (Lipinski definition) is 0. The van der Waals surface area contributed by atoms with Gasteiger partial charge in [-0.25, -0.2) is 17.6 Å². The zero-order chi connectivity index (χ0) is 18.0. The molecule has 1 heterocycles. The van der Waals surface area contributed by atoms with E-state index in [0.717, 1.165) is 0 Å². The SMILES string of the molecule is CC(C)(C)OC(=O)N1CC[C@@H](CS(=O)(=O)Cc2ccc(F)cc2)C1. The lowest BCUT2D eigenvalue weighted by Gasteiger charge is -2.24. The number of sulfone groups is 1. The summed E-state index contributed by atoms with van der Waals surface area (Å²) in [5.41, 5.74) is 0.00231. The van der Waals surface area contributed by atoms with Crippen LogP contribution in [0.2, 0.25) is 0 Å². The standard InChI is InChI=1S/C17H24FNO4S/c1-17(2,3)23-16(20)19-9-8-14(10-19)12-24(21,22)11-13-4-6-15(18)7-5-13/h4-7,14H,8-12H2,1-3H3/t14-/m1/s1. The molecule has 0 bridgehead atoms. The van der Waals surface area contributed by atoms with Crippen molar-refractivity contribution in [2.45, 2.75) is 38.5 Å². The van der Waals surface area contributed by atoms with Gasteiger partial charge in [0.05, 0.1) is 11.5 Å². The third-order valence-corrected chi connectivity index (χ3v) is 5.48. The van der Waals surface area contributed by atoms with Crippen LogP contribution in [-0.2, 0) is 20.3 Å². The first-order chi connectivity index (χ1) is 11.0. The Bertz CT molecular complexity index is 680. The minimum Gasteiger partial charge on any atom is -0.444 e. The number of carbonyl (C=O) groups is 1. The fourth-order valence-corrected chi connectivity index (χ4v) is 4.52. The first-order valence-electron chi connectivity index (χ1n) is 7.97. The van der Waals surface area contributed by atoms with Crippen LogP contribution in [0.5, 0.6) is 0 Å². The van der Waals surface area contributed by atoms with Crippen LogP contribution in [0.1, 0.15) is 32.8 Å². The molecular weight excluding hydrogens is 333 g/mol. The number of hydrogen-bond acceptors (Lipinski definition) is 4. The Morgan fingerprint density at radius 2 is 1.92 bits per heavy atom. The molecule has 0 aromatic heterocycles. The second kappa shape index (κ2) is 7.09. The molecule has 0 radical (unpaired) electrons. The molecule has 1 aromatic carbocycles. The molecule has 1 aromatic rings. The van der Waals surface area contributed by atoms with Crippen molar-refractivity contribution in [2.75, 3.05) is 18.8 Å². The number of rotatable bonds is 4. The lowest BCUT2D eigenvalue weighted by atomic mass is 10.2. The van der Waals surface area contributed by atoms with Crippen molar-refractivity contribution in [3.8, 4) is 0 Å². The monoisotopic (exact) mass is 357 g/mol. The maximum atomic E-state index is 12.9. The molecule has 0 unspecified atom stereocenters. The second-order valence-corrected chi connectivity index (χ2v) is 9.37. The number of nitrogens with zero attached hydrogens (tertiary/aromatic N) is 1. The molecular formula is C17H24FNO4S. The van der Waals surface area contributed by atoms with Gasteiger partial charge in [0.25, 0.3) is 0 Å². The van der Waals surface area contributed by atoms with Crippen LogP contribution in [0.3, 0.4) is 0 Å². The van der Waals surface area contributed by atoms with E-state index >= 15 is 0 Å². The summed E-state index contributed by atoms with van der Waals surface area (Å²) in [5, 5.41) is 0. The van der Waals surface area contributed by atoms with Gasteiger partial charge in [-0.2, -0.15) is 0 Å². The van der Waals surface area contributed by atoms with Crippen LogP contribution in [0.4, 0.5) is 9.18 Å². The Labute approximate surface area is 142 Å². The van der Waals surface area contributed by atoms with Crippen molar-refractivity contribution < 1.29 is 22.3 Å². The summed E-state index contributed by atoms with van der Waals surface area (Å²) in [5.74, 6) is -0.581. The van der Waals surface area contributed by atoms with Crippen molar-refractivity contribution in [1.29, 1.82) is 0 Å². The van der Waals surface area contributed by atoms with Gasteiger partial charge in [-0.15, -0.1) is 0 Å². The molecule has 1 fully saturated rings. The summed E-state index contributed by atoms with van der Waals surface area (Å²) >= 11 is 0. The minimum atomic E-state index is -3.32. The maximum absolute atomic E-state index is 12.9. The van der Waals surface area contributed by atoms with Crippen LogP contribution in [0.25, 0.3) is 0 Å². The first-order valence-corrected chi connectivity index (χ1v) is 9.79. The molecule has 24 heavy (non-hydrogen) atoms. The summed E-state index contributed by atoms with van der Waals surface area (Å²) in [7, 11) is -3.32. The number of benzene rings is 1. The van der Waals surface area contributed by atoms with Crippen molar-refractivity contribution in [3.63, 3.8) is 0 Å². The van der Waals surface area contributed by atoms with Crippen molar-refractivity contribution in [2.24, 2.45) is 5.92 Å². The van der Waals surface area contributed by atoms with Crippen LogP contribution in [0.15, 0.2) is 24.3 Å². The van der Waals surface area contributed by atoms with E-state index < -0.39 is 21.5 Å². The Morgan fingerprint density at radius 1 is 1.29 bits per heavy atom. The number of likely N-dealkylation sites (tertiary alicyclic amines) is 1. The van der Waals surface area contributed by atoms with E-state index in [-0.39, 0.29) is 23.2 Å². The summed E-state index contributed by atoms with van der Waals surface area (Å²) in [4.78, 5) is 13.6. The Hall–Kier alpha value is -1.63. The molecule has 1 atom stereocenters. The molecule has 1 amide bonds. The van der Waals surface area contributed by atoms with E-state index in [1.807, 2.05) is 0 Å². The van der Waals surface area contributed by atoms with Gasteiger partial charge in [-0.1, -0.05) is 12.1 Å². The predicted molar refractivity (Wildman–Crippen MR) is 89.8 cm³/mol. The Morgan fingerprint density at radius 3 is 2.50 bits per heavy atom. The van der Waals surface area contributed by atoms with Gasteiger partial charge in [0.15, 0.2) is 9.84 Å². The van der Waals surface area contributed by atoms with E-state index in [0.29, 0.717) is 25.1 Å². The summed E-state index contributed by atoms with van der Waals surface area (Å²) in [6, 6.07) is 5.47. The van der Waals surface area contributed by atoms with Gasteiger partial charge in [0, 0.05) is 13.1 Å². The normalized spacial score (nSPS) is 18.7. The molecule has 0 aliphatic carbocycles. The lowest BCUT2D eigenvalue weighted by molar-refractivity contribution is 0.0289. The Kier molecular flexibility index (Phi) is 5.52. The number of carbonyl (C=O) groups excluding carboxylic acids is 1. The molecule has 0 N–H and O–H groups in total. The van der Waals surface area contributed by atoms with Crippen LogP contribution >= 0.6 is 0 Å². The van der Waals surface area contributed by atoms with Gasteiger partial charge < -0.3 is 9.64 Å². The molecule has 2 rings (SSSR count). The summed E-state index contributed by atoms with van der Waals surface area (Å²) < 4.78 is 42.8. The van der Waals surface area contributed by atoms with Crippen molar-refractivity contribution in [1.82, 2.24) is 4.90 Å². The third-order valence-electron chi connectivity index (χ3n) is 3.73. The third kappa shape index (κ3) is 5.78. The Balaban J connectivity index is 1.89. The molecule has 0 saturated carbocycles. The highest BCUT2D eigenvalue weighted by Gasteiger charge is 2.32. The van der Waals surface area contributed by atoms with Gasteiger partial charge in [-0.3, -0.25) is 0 Å². The quantitative estimate of drug-likeness (QED) is 0.831. The summed E-state index contributed by atoms with van der Waals surface area (Å²) in [6.45, 7) is 6.28. The lowest BCUT2D eigenvalue weighted by Crippen LogP contribution is -2.35. The smallest absolute Gasteiger partial charge is 0.410 e. The zero-order valence-electron chi connectivity index (χ0n) is 14.3. The highest BCUT2D eigenvalue weighted by Crippen LogP contribution is 2.22. The fraction of sp³-hybridized carbons (Fsp3) is 0.588. The molecule has 5 nitrogen and oxygen atoms in total. The average molecular weight is 357 g/mol. The van der Waals surface area contributed by atoms with Crippen molar-refractivity contribution >= 4 is 15.9 Å². The van der Waals surface area contributed by atoms with Crippen LogP contribution < -0.4 is 0 Å². The molecule has 1 aliphatic rings. The molecule has 134 valence electrons. The molecule has 7 heteroatoms. The van der Waals surface area contributed by atoms with Gasteiger partial charge in [0.1, 0.15) is 11.4 Å². The largest absolute Gasteiger partial charge is 0.444 e. The zero-order valence-corrected chi connectivity index (χ0v) is 15.1. The number of ether oxygens (including phenoxy) is 1. The predicted octanol–water partition coefficient (Wildman–Crippen LogP) is 3.00. The first kappa shape index (κ1) is 18.7. The molecule has 0 spiro atoms. The van der Waals surface area contributed by atoms with Gasteiger partial charge >= 0.3 is 6.09 Å².